The monoisotopic (exact) mass is 484 g/mol. The third-order valence-electron chi connectivity index (χ3n) is 5.29. The highest BCUT2D eigenvalue weighted by Gasteiger charge is 2.29. The van der Waals surface area contributed by atoms with E-state index >= 15 is 0 Å². The third-order valence-corrected chi connectivity index (χ3v) is 7.08. The Morgan fingerprint density at radius 2 is 1.41 bits per heavy atom. The molecule has 0 saturated heterocycles. The van der Waals surface area contributed by atoms with Gasteiger partial charge in [0, 0.05) is 25.2 Å². The van der Waals surface area contributed by atoms with Crippen molar-refractivity contribution in [2.24, 2.45) is 0 Å². The molecule has 0 unspecified atom stereocenters. The lowest BCUT2D eigenvalue weighted by Gasteiger charge is -2.27. The number of hydrogen-bond acceptors (Lipinski definition) is 6. The van der Waals surface area contributed by atoms with Crippen molar-refractivity contribution >= 4 is 21.6 Å². The molecule has 0 fully saturated rings. The summed E-state index contributed by atoms with van der Waals surface area (Å²) in [5, 5.41) is 0. The average Bonchev–Trinajstić information content (AvgIpc) is 2.87. The van der Waals surface area contributed by atoms with Crippen molar-refractivity contribution in [3.05, 3.63) is 78.4 Å². The first-order valence-corrected chi connectivity index (χ1v) is 11.9. The number of para-hydroxylation sites is 1. The topological polar surface area (TPSA) is 85.4 Å². The summed E-state index contributed by atoms with van der Waals surface area (Å²) in [6.45, 7) is -0.146. The number of benzene rings is 3. The molecule has 0 aromatic heterocycles. The normalized spacial score (nSPS) is 10.9. The Hall–Kier alpha value is -3.72. The summed E-state index contributed by atoms with van der Waals surface area (Å²) in [6, 6.07) is 20.1. The van der Waals surface area contributed by atoms with Crippen molar-refractivity contribution in [2.75, 3.05) is 39.2 Å². The van der Waals surface area contributed by atoms with Crippen LogP contribution in [-0.4, -0.2) is 54.1 Å². The van der Waals surface area contributed by atoms with Crippen LogP contribution in [0.3, 0.4) is 0 Å². The Morgan fingerprint density at radius 3 is 2.06 bits per heavy atom. The van der Waals surface area contributed by atoms with Gasteiger partial charge < -0.3 is 19.1 Å². The van der Waals surface area contributed by atoms with Crippen LogP contribution >= 0.6 is 0 Å². The molecule has 3 aromatic rings. The maximum absolute atomic E-state index is 13.6. The average molecular weight is 485 g/mol. The maximum atomic E-state index is 13.6. The molecule has 3 aromatic carbocycles. The highest BCUT2D eigenvalue weighted by atomic mass is 32.2. The van der Waals surface area contributed by atoms with Crippen molar-refractivity contribution in [2.45, 2.75) is 11.4 Å². The summed E-state index contributed by atoms with van der Waals surface area (Å²) in [5.74, 6) is 1.06. The molecule has 0 heterocycles. The van der Waals surface area contributed by atoms with Crippen molar-refractivity contribution in [3.63, 3.8) is 0 Å². The molecule has 9 heteroatoms. The van der Waals surface area contributed by atoms with Crippen LogP contribution in [0, 0.1) is 0 Å². The second-order valence-electron chi connectivity index (χ2n) is 7.43. The molecule has 0 spiro atoms. The van der Waals surface area contributed by atoms with Crippen molar-refractivity contribution in [3.8, 4) is 17.2 Å². The highest BCUT2D eigenvalue weighted by molar-refractivity contribution is 7.92. The lowest BCUT2D eigenvalue weighted by Crippen LogP contribution is -2.41. The summed E-state index contributed by atoms with van der Waals surface area (Å²) >= 11 is 0. The minimum Gasteiger partial charge on any atom is -0.496 e. The molecule has 0 N–H and O–H groups in total. The zero-order valence-corrected chi connectivity index (χ0v) is 20.4. The SMILES string of the molecule is COc1ccccc1CN(C)C(=O)CN(c1ccc(OC)c(OC)c1)S(=O)(=O)c1ccccc1. The smallest absolute Gasteiger partial charge is 0.264 e. The van der Waals surface area contributed by atoms with Gasteiger partial charge in [-0.1, -0.05) is 36.4 Å². The van der Waals surface area contributed by atoms with Gasteiger partial charge in [-0.3, -0.25) is 9.10 Å². The van der Waals surface area contributed by atoms with E-state index in [-0.39, 0.29) is 23.0 Å². The Morgan fingerprint density at radius 1 is 0.794 bits per heavy atom. The molecule has 180 valence electrons. The molecule has 0 aliphatic carbocycles. The van der Waals surface area contributed by atoms with E-state index in [0.29, 0.717) is 17.2 Å². The van der Waals surface area contributed by atoms with Crippen LogP contribution in [0.25, 0.3) is 0 Å². The minimum absolute atomic E-state index is 0.0740. The van der Waals surface area contributed by atoms with Gasteiger partial charge in [0.2, 0.25) is 5.91 Å². The number of ether oxygens (including phenoxy) is 3. The molecule has 34 heavy (non-hydrogen) atoms. The van der Waals surface area contributed by atoms with Crippen LogP contribution in [0.5, 0.6) is 17.2 Å². The molecular formula is C25H28N2O6S. The molecular weight excluding hydrogens is 456 g/mol. The lowest BCUT2D eigenvalue weighted by atomic mass is 10.2. The summed E-state index contributed by atoms with van der Waals surface area (Å²) in [7, 11) is 2.09. The van der Waals surface area contributed by atoms with Crippen LogP contribution in [-0.2, 0) is 21.4 Å². The van der Waals surface area contributed by atoms with Crippen LogP contribution < -0.4 is 18.5 Å². The van der Waals surface area contributed by atoms with Gasteiger partial charge in [0.15, 0.2) is 11.5 Å². The van der Waals surface area contributed by atoms with E-state index in [1.165, 1.54) is 37.3 Å². The van der Waals surface area contributed by atoms with E-state index < -0.39 is 16.6 Å². The number of methoxy groups -OCH3 is 3. The van der Waals surface area contributed by atoms with E-state index in [1.54, 1.807) is 44.5 Å². The molecule has 3 rings (SSSR count). The van der Waals surface area contributed by atoms with E-state index in [9.17, 15) is 13.2 Å². The molecule has 0 atom stereocenters. The number of anilines is 1. The third kappa shape index (κ3) is 5.43. The van der Waals surface area contributed by atoms with E-state index in [2.05, 4.69) is 0 Å². The number of likely N-dealkylation sites (N-methyl/N-ethyl adjacent to an activating group) is 1. The Balaban J connectivity index is 1.96. The molecule has 0 radical (unpaired) electrons. The number of carbonyl (C=O) groups excluding carboxylic acids is 1. The minimum atomic E-state index is -4.05. The summed E-state index contributed by atoms with van der Waals surface area (Å²) in [5.41, 5.74) is 1.09. The number of sulfonamides is 1. The predicted octanol–water partition coefficient (Wildman–Crippen LogP) is 3.57. The zero-order chi connectivity index (χ0) is 24.7. The molecule has 0 saturated carbocycles. The summed E-state index contributed by atoms with van der Waals surface area (Å²) in [6.07, 6.45) is 0. The fraction of sp³-hybridized carbons (Fsp3) is 0.240. The fourth-order valence-electron chi connectivity index (χ4n) is 3.44. The second-order valence-corrected chi connectivity index (χ2v) is 9.29. The molecule has 0 aliphatic heterocycles. The molecule has 8 nitrogen and oxygen atoms in total. The van der Waals surface area contributed by atoms with E-state index in [0.717, 1.165) is 9.87 Å². The lowest BCUT2D eigenvalue weighted by molar-refractivity contribution is -0.128. The van der Waals surface area contributed by atoms with Gasteiger partial charge in [-0.05, 0) is 30.3 Å². The van der Waals surface area contributed by atoms with Crippen molar-refractivity contribution in [1.82, 2.24) is 4.90 Å². The Bertz CT molecular complexity index is 1230. The van der Waals surface area contributed by atoms with Crippen LogP contribution in [0.2, 0.25) is 0 Å². The molecule has 1 amide bonds. The number of nitrogens with zero attached hydrogens (tertiary/aromatic N) is 2. The Labute approximate surface area is 200 Å². The number of carbonyl (C=O) groups is 1. The van der Waals surface area contributed by atoms with Gasteiger partial charge in [-0.15, -0.1) is 0 Å². The predicted molar refractivity (Wildman–Crippen MR) is 130 cm³/mol. The van der Waals surface area contributed by atoms with Gasteiger partial charge in [-0.25, -0.2) is 8.42 Å². The van der Waals surface area contributed by atoms with Gasteiger partial charge in [0.25, 0.3) is 10.0 Å². The maximum Gasteiger partial charge on any atom is 0.264 e. The van der Waals surface area contributed by atoms with Crippen LogP contribution in [0.4, 0.5) is 5.69 Å². The first-order valence-electron chi connectivity index (χ1n) is 10.5. The van der Waals surface area contributed by atoms with Gasteiger partial charge in [0.05, 0.1) is 31.9 Å². The first kappa shape index (κ1) is 24.9. The summed E-state index contributed by atoms with van der Waals surface area (Å²) in [4.78, 5) is 14.7. The van der Waals surface area contributed by atoms with Gasteiger partial charge in [0.1, 0.15) is 12.3 Å². The second kappa shape index (κ2) is 10.9. The van der Waals surface area contributed by atoms with Crippen LogP contribution in [0.1, 0.15) is 5.56 Å². The fourth-order valence-corrected chi connectivity index (χ4v) is 4.86. The van der Waals surface area contributed by atoms with Gasteiger partial charge >= 0.3 is 0 Å². The molecule has 0 bridgehead atoms. The van der Waals surface area contributed by atoms with Gasteiger partial charge in [-0.2, -0.15) is 0 Å². The highest BCUT2D eigenvalue weighted by Crippen LogP contribution is 2.34. The van der Waals surface area contributed by atoms with E-state index in [4.69, 9.17) is 14.2 Å². The quantitative estimate of drug-likeness (QED) is 0.437. The number of hydrogen-bond donors (Lipinski definition) is 0. The Kier molecular flexibility index (Phi) is 8.01. The van der Waals surface area contributed by atoms with Crippen molar-refractivity contribution in [1.29, 1.82) is 0 Å². The summed E-state index contributed by atoms with van der Waals surface area (Å²) < 4.78 is 44.2. The van der Waals surface area contributed by atoms with Crippen LogP contribution in [0.15, 0.2) is 77.7 Å². The number of rotatable bonds is 10. The van der Waals surface area contributed by atoms with Crippen molar-refractivity contribution < 1.29 is 27.4 Å². The van der Waals surface area contributed by atoms with E-state index in [1.807, 2.05) is 24.3 Å². The molecule has 0 aliphatic rings. The first-order chi connectivity index (χ1) is 16.3. The number of amides is 1. The largest absolute Gasteiger partial charge is 0.496 e. The zero-order valence-electron chi connectivity index (χ0n) is 19.6. The standard InChI is InChI=1S/C25H28N2O6S/c1-26(17-19-10-8-9-13-22(19)31-2)25(28)18-27(34(29,30)21-11-6-5-7-12-21)20-14-15-23(32-3)24(16-20)33-4/h5-16H,17-18H2,1-4H3.